The van der Waals surface area contributed by atoms with Gasteiger partial charge in [0, 0.05) is 12.7 Å². The maximum absolute atomic E-state index is 13.1. The Morgan fingerprint density at radius 3 is 2.52 bits per heavy atom. The van der Waals surface area contributed by atoms with Gasteiger partial charge in [0.1, 0.15) is 5.75 Å². The standard InChI is InChI=1S/C24H22N2O5/c1-14-8-10-20-18(12-14)26(2)24(28)17-13-15(9-11-19(17)31-20)25-23(27)16-6-5-7-21(29-3)22(16)30-4/h5-13H,1-4H3,(H,25,27). The molecule has 2 amide bonds. The summed E-state index contributed by atoms with van der Waals surface area (Å²) in [7, 11) is 4.68. The Labute approximate surface area is 180 Å². The second-order valence-electron chi connectivity index (χ2n) is 7.14. The van der Waals surface area contributed by atoms with Crippen molar-refractivity contribution < 1.29 is 23.8 Å². The van der Waals surface area contributed by atoms with Crippen LogP contribution in [0.4, 0.5) is 11.4 Å². The van der Waals surface area contributed by atoms with Gasteiger partial charge in [-0.2, -0.15) is 0 Å². The molecule has 0 fully saturated rings. The molecule has 158 valence electrons. The summed E-state index contributed by atoms with van der Waals surface area (Å²) in [6.45, 7) is 1.96. The van der Waals surface area contributed by atoms with Crippen LogP contribution in [0.3, 0.4) is 0 Å². The number of anilines is 2. The van der Waals surface area contributed by atoms with Crippen LogP contribution < -0.4 is 24.4 Å². The van der Waals surface area contributed by atoms with E-state index >= 15 is 0 Å². The molecule has 1 aliphatic rings. The molecular formula is C24H22N2O5. The maximum atomic E-state index is 13.1. The molecule has 0 atom stereocenters. The SMILES string of the molecule is COc1cccc(C(=O)Nc2ccc3c(c2)C(=O)N(C)c2cc(C)ccc2O3)c1OC. The first-order chi connectivity index (χ1) is 14.9. The lowest BCUT2D eigenvalue weighted by Gasteiger charge is -2.17. The van der Waals surface area contributed by atoms with Gasteiger partial charge in [-0.1, -0.05) is 12.1 Å². The van der Waals surface area contributed by atoms with E-state index in [9.17, 15) is 9.59 Å². The summed E-state index contributed by atoms with van der Waals surface area (Å²) in [6, 6.07) is 15.7. The topological polar surface area (TPSA) is 77.1 Å². The molecule has 0 aromatic heterocycles. The number of hydrogen-bond acceptors (Lipinski definition) is 5. The number of fused-ring (bicyclic) bond motifs is 2. The van der Waals surface area contributed by atoms with Gasteiger partial charge in [-0.05, 0) is 55.0 Å². The Kier molecular flexibility index (Phi) is 5.25. The average molecular weight is 418 g/mol. The quantitative estimate of drug-likeness (QED) is 0.668. The lowest BCUT2D eigenvalue weighted by molar-refractivity contribution is 0.0989. The zero-order chi connectivity index (χ0) is 22.1. The molecule has 7 nitrogen and oxygen atoms in total. The van der Waals surface area contributed by atoms with E-state index in [2.05, 4.69) is 5.32 Å². The fourth-order valence-corrected chi connectivity index (χ4v) is 3.51. The van der Waals surface area contributed by atoms with Gasteiger partial charge in [0.25, 0.3) is 11.8 Å². The summed E-state index contributed by atoms with van der Waals surface area (Å²) in [5.74, 6) is 1.20. The third-order valence-corrected chi connectivity index (χ3v) is 5.12. The number of carbonyl (C=O) groups excluding carboxylic acids is 2. The minimum absolute atomic E-state index is 0.227. The van der Waals surface area contributed by atoms with E-state index in [1.54, 1.807) is 48.3 Å². The van der Waals surface area contributed by atoms with Crippen LogP contribution in [0.15, 0.2) is 54.6 Å². The first-order valence-corrected chi connectivity index (χ1v) is 9.66. The molecule has 1 heterocycles. The van der Waals surface area contributed by atoms with E-state index in [-0.39, 0.29) is 11.8 Å². The van der Waals surface area contributed by atoms with Crippen LogP contribution >= 0.6 is 0 Å². The predicted molar refractivity (Wildman–Crippen MR) is 118 cm³/mol. The summed E-state index contributed by atoms with van der Waals surface area (Å²) in [6.07, 6.45) is 0. The lowest BCUT2D eigenvalue weighted by atomic mass is 10.1. The van der Waals surface area contributed by atoms with Crippen LogP contribution in [-0.4, -0.2) is 33.1 Å². The molecule has 0 saturated heterocycles. The predicted octanol–water partition coefficient (Wildman–Crippen LogP) is 4.65. The molecule has 0 bridgehead atoms. The van der Waals surface area contributed by atoms with Crippen LogP contribution in [0.25, 0.3) is 0 Å². The van der Waals surface area contributed by atoms with Crippen LogP contribution in [0.1, 0.15) is 26.3 Å². The van der Waals surface area contributed by atoms with Crippen molar-refractivity contribution in [3.05, 3.63) is 71.3 Å². The fourth-order valence-electron chi connectivity index (χ4n) is 3.51. The molecule has 0 aliphatic carbocycles. The molecule has 3 aromatic carbocycles. The number of benzene rings is 3. The molecule has 1 aliphatic heterocycles. The lowest BCUT2D eigenvalue weighted by Crippen LogP contribution is -2.25. The minimum atomic E-state index is -0.384. The van der Waals surface area contributed by atoms with Gasteiger partial charge >= 0.3 is 0 Å². The molecule has 3 aromatic rings. The first-order valence-electron chi connectivity index (χ1n) is 9.66. The van der Waals surface area contributed by atoms with Crippen molar-refractivity contribution in [3.63, 3.8) is 0 Å². The van der Waals surface area contributed by atoms with Gasteiger partial charge in [-0.3, -0.25) is 9.59 Å². The van der Waals surface area contributed by atoms with E-state index in [1.165, 1.54) is 14.2 Å². The Hall–Kier alpha value is -4.00. The van der Waals surface area contributed by atoms with Crippen molar-refractivity contribution >= 4 is 23.2 Å². The van der Waals surface area contributed by atoms with E-state index < -0.39 is 0 Å². The second kappa shape index (κ2) is 8.02. The van der Waals surface area contributed by atoms with Crippen molar-refractivity contribution in [2.24, 2.45) is 0 Å². The summed E-state index contributed by atoms with van der Waals surface area (Å²) >= 11 is 0. The molecule has 0 saturated carbocycles. The summed E-state index contributed by atoms with van der Waals surface area (Å²) in [4.78, 5) is 27.5. The van der Waals surface area contributed by atoms with Gasteiger partial charge < -0.3 is 24.4 Å². The highest BCUT2D eigenvalue weighted by molar-refractivity contribution is 6.11. The second-order valence-corrected chi connectivity index (χ2v) is 7.14. The third-order valence-electron chi connectivity index (χ3n) is 5.12. The van der Waals surface area contributed by atoms with Crippen LogP contribution in [0.2, 0.25) is 0 Å². The maximum Gasteiger partial charge on any atom is 0.261 e. The van der Waals surface area contributed by atoms with E-state index in [4.69, 9.17) is 14.2 Å². The van der Waals surface area contributed by atoms with E-state index in [1.807, 2.05) is 25.1 Å². The molecule has 1 N–H and O–H groups in total. The van der Waals surface area contributed by atoms with E-state index in [0.717, 1.165) is 5.56 Å². The number of rotatable bonds is 4. The highest BCUT2D eigenvalue weighted by Crippen LogP contribution is 2.39. The zero-order valence-corrected chi connectivity index (χ0v) is 17.7. The van der Waals surface area contributed by atoms with Crippen LogP contribution in [-0.2, 0) is 0 Å². The Balaban J connectivity index is 1.67. The number of ether oxygens (including phenoxy) is 3. The molecule has 31 heavy (non-hydrogen) atoms. The Morgan fingerprint density at radius 1 is 1.00 bits per heavy atom. The van der Waals surface area contributed by atoms with Gasteiger partial charge in [-0.25, -0.2) is 0 Å². The number of aryl methyl sites for hydroxylation is 1. The number of nitrogens with one attached hydrogen (secondary N) is 1. The van der Waals surface area contributed by atoms with E-state index in [0.29, 0.717) is 45.5 Å². The van der Waals surface area contributed by atoms with Crippen molar-refractivity contribution in [2.75, 3.05) is 31.5 Å². The van der Waals surface area contributed by atoms with Crippen LogP contribution in [0.5, 0.6) is 23.0 Å². The van der Waals surface area contributed by atoms with Gasteiger partial charge in [0.05, 0.1) is 31.0 Å². The molecule has 0 unspecified atom stereocenters. The summed E-state index contributed by atoms with van der Waals surface area (Å²) in [5, 5.41) is 2.82. The highest BCUT2D eigenvalue weighted by atomic mass is 16.5. The normalized spacial score (nSPS) is 12.3. The molecule has 0 spiro atoms. The van der Waals surface area contributed by atoms with Crippen molar-refractivity contribution in [1.29, 1.82) is 0 Å². The number of carbonyl (C=O) groups is 2. The Morgan fingerprint density at radius 2 is 1.77 bits per heavy atom. The molecular weight excluding hydrogens is 396 g/mol. The number of amides is 2. The molecule has 4 rings (SSSR count). The largest absolute Gasteiger partial charge is 0.493 e. The number of methoxy groups -OCH3 is 2. The summed E-state index contributed by atoms with van der Waals surface area (Å²) in [5.41, 5.74) is 2.84. The van der Waals surface area contributed by atoms with Crippen molar-refractivity contribution in [3.8, 4) is 23.0 Å². The number of para-hydroxylation sites is 1. The number of nitrogens with zero attached hydrogens (tertiary/aromatic N) is 1. The van der Waals surface area contributed by atoms with Crippen LogP contribution in [0, 0.1) is 6.92 Å². The monoisotopic (exact) mass is 418 g/mol. The average Bonchev–Trinajstić information content (AvgIpc) is 2.88. The van der Waals surface area contributed by atoms with Gasteiger partial charge in [-0.15, -0.1) is 0 Å². The zero-order valence-electron chi connectivity index (χ0n) is 17.7. The Bertz CT molecular complexity index is 1190. The molecule has 7 heteroatoms. The van der Waals surface area contributed by atoms with Crippen molar-refractivity contribution in [1.82, 2.24) is 0 Å². The fraction of sp³-hybridized carbons (Fsp3) is 0.167. The third kappa shape index (κ3) is 3.66. The van der Waals surface area contributed by atoms with Gasteiger partial charge in [0.2, 0.25) is 0 Å². The first kappa shape index (κ1) is 20.3. The van der Waals surface area contributed by atoms with Crippen molar-refractivity contribution in [2.45, 2.75) is 6.92 Å². The molecule has 0 radical (unpaired) electrons. The minimum Gasteiger partial charge on any atom is -0.493 e. The number of hydrogen-bond donors (Lipinski definition) is 1. The smallest absolute Gasteiger partial charge is 0.261 e. The van der Waals surface area contributed by atoms with Gasteiger partial charge in [0.15, 0.2) is 17.2 Å². The highest BCUT2D eigenvalue weighted by Gasteiger charge is 2.26. The summed E-state index contributed by atoms with van der Waals surface area (Å²) < 4.78 is 16.6.